The Kier molecular flexibility index (Phi) is 5.26. The molecule has 1 spiro atoms. The maximum absolute atomic E-state index is 14.3. The molecule has 2 amide bonds. The van der Waals surface area contributed by atoms with Crippen LogP contribution in [-0.2, 0) is 11.2 Å². The molecule has 2 aromatic carbocycles. The van der Waals surface area contributed by atoms with Crippen molar-refractivity contribution in [2.24, 2.45) is 0 Å². The van der Waals surface area contributed by atoms with Crippen LogP contribution in [0.25, 0.3) is 0 Å². The van der Waals surface area contributed by atoms with Gasteiger partial charge in [-0.05, 0) is 49.8 Å². The average molecular weight is 396 g/mol. The first kappa shape index (κ1) is 19.4. The monoisotopic (exact) mass is 396 g/mol. The maximum Gasteiger partial charge on any atom is 0.257 e. The first-order valence-electron chi connectivity index (χ1n) is 10.1. The lowest BCUT2D eigenvalue weighted by Gasteiger charge is -2.44. The average Bonchev–Trinajstić information content (AvgIpc) is 3.14. The van der Waals surface area contributed by atoms with E-state index in [-0.39, 0.29) is 17.2 Å². The van der Waals surface area contributed by atoms with Crippen LogP contribution in [0.2, 0.25) is 0 Å². The summed E-state index contributed by atoms with van der Waals surface area (Å²) in [5.74, 6) is -1.49. The number of carbonyl (C=O) groups is 2. The summed E-state index contributed by atoms with van der Waals surface area (Å²) in [6.07, 6.45) is 3.54. The van der Waals surface area contributed by atoms with Crippen molar-refractivity contribution in [3.05, 3.63) is 65.5 Å². The lowest BCUT2D eigenvalue weighted by molar-refractivity contribution is -0.145. The number of likely N-dealkylation sites (tertiary alicyclic amines) is 2. The van der Waals surface area contributed by atoms with Crippen LogP contribution in [0.5, 0.6) is 5.75 Å². The smallest absolute Gasteiger partial charge is 0.257 e. The van der Waals surface area contributed by atoms with E-state index >= 15 is 0 Å². The molecule has 2 aliphatic rings. The van der Waals surface area contributed by atoms with Gasteiger partial charge in [-0.3, -0.25) is 9.59 Å². The summed E-state index contributed by atoms with van der Waals surface area (Å²) in [5, 5.41) is 9.43. The highest BCUT2D eigenvalue weighted by molar-refractivity contribution is 6.00. The number of hydrogen-bond acceptors (Lipinski definition) is 3. The van der Waals surface area contributed by atoms with E-state index in [1.807, 2.05) is 35.2 Å². The van der Waals surface area contributed by atoms with Gasteiger partial charge in [-0.1, -0.05) is 30.3 Å². The number of halogens is 1. The van der Waals surface area contributed by atoms with E-state index in [2.05, 4.69) is 0 Å². The molecule has 2 saturated heterocycles. The summed E-state index contributed by atoms with van der Waals surface area (Å²) in [6.45, 7) is 1.74. The van der Waals surface area contributed by atoms with Crippen molar-refractivity contribution in [1.29, 1.82) is 0 Å². The van der Waals surface area contributed by atoms with Crippen LogP contribution in [0.1, 0.15) is 41.6 Å². The van der Waals surface area contributed by atoms with Gasteiger partial charge in [0, 0.05) is 25.7 Å². The predicted octanol–water partition coefficient (Wildman–Crippen LogP) is 3.37. The van der Waals surface area contributed by atoms with Gasteiger partial charge in [0.15, 0.2) is 0 Å². The molecule has 2 aliphatic heterocycles. The normalized spacial score (nSPS) is 21.8. The van der Waals surface area contributed by atoms with Crippen LogP contribution in [-0.4, -0.2) is 51.9 Å². The SMILES string of the molecule is O=C(c1ccc(O)cc1F)N1CCCC12CCCN(CCc1ccccc1)C2=O. The summed E-state index contributed by atoms with van der Waals surface area (Å²) in [4.78, 5) is 30.0. The zero-order chi connectivity index (χ0) is 20.4. The van der Waals surface area contributed by atoms with Gasteiger partial charge in [-0.25, -0.2) is 4.39 Å². The van der Waals surface area contributed by atoms with Gasteiger partial charge in [0.2, 0.25) is 5.91 Å². The van der Waals surface area contributed by atoms with Gasteiger partial charge in [-0.15, -0.1) is 0 Å². The zero-order valence-electron chi connectivity index (χ0n) is 16.3. The van der Waals surface area contributed by atoms with Crippen molar-refractivity contribution < 1.29 is 19.1 Å². The number of aromatic hydroxyl groups is 1. The summed E-state index contributed by atoms with van der Waals surface area (Å²) >= 11 is 0. The van der Waals surface area contributed by atoms with Crippen molar-refractivity contribution in [3.8, 4) is 5.75 Å². The van der Waals surface area contributed by atoms with Crippen LogP contribution in [0.4, 0.5) is 4.39 Å². The highest BCUT2D eigenvalue weighted by atomic mass is 19.1. The Morgan fingerprint density at radius 1 is 1.07 bits per heavy atom. The maximum atomic E-state index is 14.3. The van der Waals surface area contributed by atoms with Gasteiger partial charge in [0.05, 0.1) is 5.56 Å². The lowest BCUT2D eigenvalue weighted by Crippen LogP contribution is -2.61. The van der Waals surface area contributed by atoms with Crippen molar-refractivity contribution >= 4 is 11.8 Å². The fourth-order valence-corrected chi connectivity index (χ4v) is 4.67. The number of phenols is 1. The van der Waals surface area contributed by atoms with Crippen LogP contribution in [0.3, 0.4) is 0 Å². The van der Waals surface area contributed by atoms with E-state index in [1.54, 1.807) is 4.90 Å². The lowest BCUT2D eigenvalue weighted by atomic mass is 9.84. The summed E-state index contributed by atoms with van der Waals surface area (Å²) in [5.41, 5.74) is 0.194. The van der Waals surface area contributed by atoms with E-state index < -0.39 is 17.3 Å². The van der Waals surface area contributed by atoms with Crippen molar-refractivity contribution in [1.82, 2.24) is 9.80 Å². The van der Waals surface area contributed by atoms with Crippen LogP contribution in [0, 0.1) is 5.82 Å². The molecule has 2 aromatic rings. The fraction of sp³-hybridized carbons (Fsp3) is 0.391. The minimum absolute atomic E-state index is 0.0234. The van der Waals surface area contributed by atoms with Crippen LogP contribution < -0.4 is 0 Å². The van der Waals surface area contributed by atoms with Crippen molar-refractivity contribution in [2.45, 2.75) is 37.6 Å². The Balaban J connectivity index is 1.54. The molecule has 0 bridgehead atoms. The molecular formula is C23H25FN2O3. The molecule has 6 heteroatoms. The number of nitrogens with zero attached hydrogens (tertiary/aromatic N) is 2. The number of rotatable bonds is 4. The van der Waals surface area contributed by atoms with Gasteiger partial charge < -0.3 is 14.9 Å². The molecule has 1 N–H and O–H groups in total. The van der Waals surface area contributed by atoms with E-state index in [9.17, 15) is 19.1 Å². The quantitative estimate of drug-likeness (QED) is 0.862. The molecule has 5 nitrogen and oxygen atoms in total. The van der Waals surface area contributed by atoms with Crippen LogP contribution >= 0.6 is 0 Å². The Labute approximate surface area is 169 Å². The molecule has 2 heterocycles. The number of amides is 2. The second-order valence-corrected chi connectivity index (χ2v) is 7.89. The molecule has 1 atom stereocenters. The largest absolute Gasteiger partial charge is 0.508 e. The van der Waals surface area contributed by atoms with Gasteiger partial charge >= 0.3 is 0 Å². The van der Waals surface area contributed by atoms with Gasteiger partial charge in [0.25, 0.3) is 5.91 Å². The standard InChI is InChI=1S/C23H25FN2O3/c24-20-16-18(27)8-9-19(20)21(28)26-14-5-12-23(26)11-4-13-25(22(23)29)15-10-17-6-2-1-3-7-17/h1-3,6-9,16,27H,4-5,10-15H2. The second kappa shape index (κ2) is 7.85. The minimum Gasteiger partial charge on any atom is -0.508 e. The molecule has 0 aliphatic carbocycles. The number of carbonyl (C=O) groups excluding carboxylic acids is 2. The summed E-state index contributed by atoms with van der Waals surface area (Å²) < 4.78 is 14.3. The minimum atomic E-state index is -0.879. The highest BCUT2D eigenvalue weighted by Crippen LogP contribution is 2.39. The van der Waals surface area contributed by atoms with E-state index in [1.165, 1.54) is 17.7 Å². The molecule has 0 aromatic heterocycles. The molecule has 152 valence electrons. The summed E-state index contributed by atoms with van der Waals surface area (Å²) in [7, 11) is 0. The zero-order valence-corrected chi connectivity index (χ0v) is 16.3. The molecule has 0 saturated carbocycles. The third kappa shape index (κ3) is 3.59. The van der Waals surface area contributed by atoms with E-state index in [4.69, 9.17) is 0 Å². The topological polar surface area (TPSA) is 60.9 Å². The first-order chi connectivity index (χ1) is 14.0. The Hall–Kier alpha value is -2.89. The van der Waals surface area contributed by atoms with Gasteiger partial charge in [0.1, 0.15) is 17.1 Å². The highest BCUT2D eigenvalue weighted by Gasteiger charge is 2.52. The van der Waals surface area contributed by atoms with Gasteiger partial charge in [-0.2, -0.15) is 0 Å². The third-order valence-electron chi connectivity index (χ3n) is 6.13. The number of phenolic OH excluding ortho intramolecular Hbond substituents is 1. The molecule has 4 rings (SSSR count). The van der Waals surface area contributed by atoms with Crippen molar-refractivity contribution in [2.75, 3.05) is 19.6 Å². The molecule has 29 heavy (non-hydrogen) atoms. The fourth-order valence-electron chi connectivity index (χ4n) is 4.67. The number of hydrogen-bond donors (Lipinski definition) is 1. The molecular weight excluding hydrogens is 371 g/mol. The molecule has 2 fully saturated rings. The molecule has 1 unspecified atom stereocenters. The predicted molar refractivity (Wildman–Crippen MR) is 107 cm³/mol. The van der Waals surface area contributed by atoms with Crippen molar-refractivity contribution in [3.63, 3.8) is 0 Å². The number of benzene rings is 2. The Morgan fingerprint density at radius 3 is 2.52 bits per heavy atom. The van der Waals surface area contributed by atoms with E-state index in [0.717, 1.165) is 25.3 Å². The Bertz CT molecular complexity index is 918. The third-order valence-corrected chi connectivity index (χ3v) is 6.13. The summed E-state index contributed by atoms with van der Waals surface area (Å²) in [6, 6.07) is 13.6. The van der Waals surface area contributed by atoms with E-state index in [0.29, 0.717) is 32.5 Å². The van der Waals surface area contributed by atoms with Crippen LogP contribution in [0.15, 0.2) is 48.5 Å². The molecule has 0 radical (unpaired) electrons. The first-order valence-corrected chi connectivity index (χ1v) is 10.1. The number of piperidine rings is 1. The second-order valence-electron chi connectivity index (χ2n) is 7.89. The Morgan fingerprint density at radius 2 is 1.79 bits per heavy atom.